The van der Waals surface area contributed by atoms with Crippen LogP contribution in [-0.2, 0) is 28.3 Å². The van der Waals surface area contributed by atoms with E-state index < -0.39 is 6.04 Å². The molecule has 4 nitrogen and oxygen atoms in total. The van der Waals surface area contributed by atoms with E-state index in [0.29, 0.717) is 23.0 Å². The van der Waals surface area contributed by atoms with Crippen LogP contribution in [0.1, 0.15) is 42.0 Å². The molecule has 0 saturated heterocycles. The average molecular weight is 558 g/mol. The largest absolute Gasteiger partial charge is 0.354 e. The fourth-order valence-electron chi connectivity index (χ4n) is 3.92. The normalized spacial score (nSPS) is 11.7. The number of hydrogen-bond acceptors (Lipinski definition) is 3. The summed E-state index contributed by atoms with van der Waals surface area (Å²) < 4.78 is 0. The van der Waals surface area contributed by atoms with E-state index in [0.717, 1.165) is 35.3 Å². The van der Waals surface area contributed by atoms with Crippen molar-refractivity contribution in [2.75, 3.05) is 12.3 Å². The number of carbonyl (C=O) groups is 2. The van der Waals surface area contributed by atoms with Crippen molar-refractivity contribution in [1.29, 1.82) is 0 Å². The lowest BCUT2D eigenvalue weighted by Gasteiger charge is -2.31. The van der Waals surface area contributed by atoms with E-state index >= 15 is 0 Å². The van der Waals surface area contributed by atoms with Crippen LogP contribution in [0.5, 0.6) is 0 Å². The number of carbonyl (C=O) groups excluding carboxylic acids is 2. The highest BCUT2D eigenvalue weighted by Gasteiger charge is 2.30. The number of hydrogen-bond donors (Lipinski definition) is 1. The number of nitrogens with zero attached hydrogens (tertiary/aromatic N) is 1. The van der Waals surface area contributed by atoms with Gasteiger partial charge < -0.3 is 10.2 Å². The van der Waals surface area contributed by atoms with Gasteiger partial charge in [-0.05, 0) is 42.2 Å². The predicted molar refractivity (Wildman–Crippen MR) is 156 cm³/mol. The number of nitrogens with one attached hydrogen (secondary N) is 1. The topological polar surface area (TPSA) is 49.4 Å². The quantitative estimate of drug-likeness (QED) is 0.228. The van der Waals surface area contributed by atoms with E-state index in [-0.39, 0.29) is 24.1 Å². The lowest BCUT2D eigenvalue weighted by molar-refractivity contribution is -0.139. The van der Waals surface area contributed by atoms with Crippen LogP contribution in [-0.4, -0.2) is 35.1 Å². The molecule has 3 aromatic carbocycles. The highest BCUT2D eigenvalue weighted by molar-refractivity contribution is 7.99. The second-order valence-corrected chi connectivity index (χ2v) is 10.9. The summed E-state index contributed by atoms with van der Waals surface area (Å²) in [5.74, 6) is 0.755. The molecule has 7 heteroatoms. The van der Waals surface area contributed by atoms with E-state index in [2.05, 4.69) is 43.4 Å². The Morgan fingerprint density at radius 3 is 2.30 bits per heavy atom. The molecule has 3 rings (SSSR count). The molecule has 0 saturated carbocycles. The van der Waals surface area contributed by atoms with Gasteiger partial charge in [-0.3, -0.25) is 9.59 Å². The first-order valence-electron chi connectivity index (χ1n) is 12.6. The second kappa shape index (κ2) is 15.1. The van der Waals surface area contributed by atoms with Crippen molar-refractivity contribution in [1.82, 2.24) is 10.2 Å². The number of rotatable bonds is 13. The van der Waals surface area contributed by atoms with Crippen molar-refractivity contribution in [3.63, 3.8) is 0 Å². The molecule has 1 N–H and O–H groups in total. The maximum atomic E-state index is 13.7. The van der Waals surface area contributed by atoms with Gasteiger partial charge in [0.05, 0.1) is 15.8 Å². The van der Waals surface area contributed by atoms with Crippen LogP contribution in [0.2, 0.25) is 10.0 Å². The third-order valence-corrected chi connectivity index (χ3v) is 7.78. The summed E-state index contributed by atoms with van der Waals surface area (Å²) in [5, 5.41) is 3.92. The summed E-state index contributed by atoms with van der Waals surface area (Å²) in [6.45, 7) is 4.98. The van der Waals surface area contributed by atoms with Crippen molar-refractivity contribution in [2.24, 2.45) is 0 Å². The van der Waals surface area contributed by atoms with Crippen LogP contribution >= 0.6 is 35.0 Å². The number of aryl methyl sites for hydroxylation is 1. The first-order chi connectivity index (χ1) is 17.9. The van der Waals surface area contributed by atoms with Gasteiger partial charge in [0, 0.05) is 25.3 Å². The predicted octanol–water partition coefficient (Wildman–Crippen LogP) is 7.09. The minimum absolute atomic E-state index is 0.0882. The summed E-state index contributed by atoms with van der Waals surface area (Å²) in [7, 11) is 0. The number of amides is 2. The Kier molecular flexibility index (Phi) is 11.8. The first-order valence-corrected chi connectivity index (χ1v) is 14.5. The summed E-state index contributed by atoms with van der Waals surface area (Å²) in [6.07, 6.45) is 2.29. The Balaban J connectivity index is 1.84. The Morgan fingerprint density at radius 1 is 0.919 bits per heavy atom. The van der Waals surface area contributed by atoms with E-state index in [1.165, 1.54) is 5.56 Å². The summed E-state index contributed by atoms with van der Waals surface area (Å²) in [4.78, 5) is 28.8. The molecular weight excluding hydrogens is 523 g/mol. The van der Waals surface area contributed by atoms with E-state index in [1.54, 1.807) is 28.8 Å². The Labute approximate surface area is 234 Å². The van der Waals surface area contributed by atoms with Crippen LogP contribution in [0, 0.1) is 6.92 Å². The monoisotopic (exact) mass is 556 g/mol. The molecule has 196 valence electrons. The molecule has 2 amide bonds. The molecule has 0 spiro atoms. The van der Waals surface area contributed by atoms with Crippen molar-refractivity contribution in [3.8, 4) is 0 Å². The summed E-state index contributed by atoms with van der Waals surface area (Å²) >= 11 is 14.0. The van der Waals surface area contributed by atoms with Gasteiger partial charge in [0.25, 0.3) is 0 Å². The second-order valence-electron chi connectivity index (χ2n) is 9.10. The highest BCUT2D eigenvalue weighted by atomic mass is 35.5. The number of benzene rings is 3. The van der Waals surface area contributed by atoms with Crippen LogP contribution in [0.15, 0.2) is 72.8 Å². The Morgan fingerprint density at radius 2 is 1.62 bits per heavy atom. The molecule has 1 unspecified atom stereocenters. The zero-order chi connectivity index (χ0) is 26.6. The number of thioether (sulfide) groups is 1. The third-order valence-electron chi connectivity index (χ3n) is 6.05. The van der Waals surface area contributed by atoms with Gasteiger partial charge in [-0.2, -0.15) is 0 Å². The van der Waals surface area contributed by atoms with E-state index in [9.17, 15) is 9.59 Å². The minimum atomic E-state index is -0.652. The summed E-state index contributed by atoms with van der Waals surface area (Å²) in [6, 6.07) is 22.8. The van der Waals surface area contributed by atoms with Gasteiger partial charge in [0.15, 0.2) is 0 Å². The molecule has 0 aliphatic heterocycles. The van der Waals surface area contributed by atoms with Crippen molar-refractivity contribution in [3.05, 3.63) is 105 Å². The van der Waals surface area contributed by atoms with Crippen molar-refractivity contribution >= 4 is 46.8 Å². The maximum absolute atomic E-state index is 13.7. The number of halogens is 2. The zero-order valence-electron chi connectivity index (χ0n) is 21.4. The Hall–Kier alpha value is -2.47. The molecule has 37 heavy (non-hydrogen) atoms. The van der Waals surface area contributed by atoms with Gasteiger partial charge in [-0.15, -0.1) is 11.8 Å². The van der Waals surface area contributed by atoms with Crippen LogP contribution in [0.4, 0.5) is 0 Å². The molecule has 0 heterocycles. The third kappa shape index (κ3) is 9.41. The van der Waals surface area contributed by atoms with Crippen LogP contribution in [0.25, 0.3) is 0 Å². The van der Waals surface area contributed by atoms with Gasteiger partial charge in [0.2, 0.25) is 11.8 Å². The maximum Gasteiger partial charge on any atom is 0.243 e. The average Bonchev–Trinajstić information content (AvgIpc) is 2.90. The molecule has 0 aromatic heterocycles. The lowest BCUT2D eigenvalue weighted by Crippen LogP contribution is -2.51. The molecule has 0 aliphatic rings. The van der Waals surface area contributed by atoms with Gasteiger partial charge >= 0.3 is 0 Å². The van der Waals surface area contributed by atoms with E-state index in [1.807, 2.05) is 36.4 Å². The smallest absolute Gasteiger partial charge is 0.243 e. The molecule has 0 aliphatic carbocycles. The highest BCUT2D eigenvalue weighted by Crippen LogP contribution is 2.25. The Bertz CT molecular complexity index is 1160. The van der Waals surface area contributed by atoms with Gasteiger partial charge in [-0.1, -0.05) is 103 Å². The van der Waals surface area contributed by atoms with E-state index in [4.69, 9.17) is 23.2 Å². The summed E-state index contributed by atoms with van der Waals surface area (Å²) in [5.41, 5.74) is 4.19. The molecule has 3 aromatic rings. The SMILES string of the molecule is CCCCNC(=O)C(Cc1ccccc1)N(Cc1ccc(Cl)c(Cl)c1)C(=O)CSCc1ccc(C)cc1. The van der Waals surface area contributed by atoms with Crippen LogP contribution < -0.4 is 5.32 Å². The standard InChI is InChI=1S/C30H34Cl2N2O2S/c1-3-4-16-33-30(36)28(18-23-8-6-5-7-9-23)34(19-25-14-15-26(31)27(32)17-25)29(35)21-37-20-24-12-10-22(2)11-13-24/h5-15,17,28H,3-4,16,18-21H2,1-2H3,(H,33,36). The fourth-order valence-corrected chi connectivity index (χ4v) is 5.11. The zero-order valence-corrected chi connectivity index (χ0v) is 23.7. The molecule has 0 fully saturated rings. The molecule has 1 atom stereocenters. The van der Waals surface area contributed by atoms with Crippen molar-refractivity contribution < 1.29 is 9.59 Å². The lowest BCUT2D eigenvalue weighted by atomic mass is 10.0. The number of unbranched alkanes of at least 4 members (excludes halogenated alkanes) is 1. The van der Waals surface area contributed by atoms with Gasteiger partial charge in [0.1, 0.15) is 6.04 Å². The molecule has 0 radical (unpaired) electrons. The van der Waals surface area contributed by atoms with Crippen molar-refractivity contribution in [2.45, 2.75) is 51.4 Å². The molecular formula is C30H34Cl2N2O2S. The first kappa shape index (κ1) is 29.1. The minimum Gasteiger partial charge on any atom is -0.354 e. The van der Waals surface area contributed by atoms with Gasteiger partial charge in [-0.25, -0.2) is 0 Å². The van der Waals surface area contributed by atoms with Crippen LogP contribution in [0.3, 0.4) is 0 Å². The fraction of sp³-hybridized carbons (Fsp3) is 0.333. The molecule has 0 bridgehead atoms.